The van der Waals surface area contributed by atoms with Gasteiger partial charge >= 0.3 is 0 Å². The molecule has 2 N–H and O–H groups in total. The van der Waals surface area contributed by atoms with Gasteiger partial charge in [-0.05, 0) is 24.6 Å². The van der Waals surface area contributed by atoms with Crippen molar-refractivity contribution in [1.29, 1.82) is 0 Å². The summed E-state index contributed by atoms with van der Waals surface area (Å²) in [5, 5.41) is 6.19. The molecule has 6 heteroatoms. The van der Waals surface area contributed by atoms with Crippen LogP contribution in [0.15, 0.2) is 18.2 Å². The molecule has 0 aliphatic carbocycles. The summed E-state index contributed by atoms with van der Waals surface area (Å²) in [6, 6.07) is 5.50. The van der Waals surface area contributed by atoms with Gasteiger partial charge in [-0.25, -0.2) is 4.98 Å². The lowest BCUT2D eigenvalue weighted by Crippen LogP contribution is -2.19. The van der Waals surface area contributed by atoms with E-state index in [-0.39, 0.29) is 17.7 Å². The van der Waals surface area contributed by atoms with Crippen LogP contribution >= 0.6 is 11.3 Å². The zero-order valence-corrected chi connectivity index (χ0v) is 13.2. The molecule has 0 saturated carbocycles. The summed E-state index contributed by atoms with van der Waals surface area (Å²) in [6.07, 6.45) is 1.85. The smallest absolute Gasteiger partial charge is 0.228 e. The Bertz CT molecular complexity index is 666. The summed E-state index contributed by atoms with van der Waals surface area (Å²) in [6.45, 7) is 5.45. The highest BCUT2D eigenvalue weighted by molar-refractivity contribution is 7.22. The van der Waals surface area contributed by atoms with Crippen molar-refractivity contribution in [2.45, 2.75) is 33.6 Å². The van der Waals surface area contributed by atoms with Gasteiger partial charge in [-0.2, -0.15) is 0 Å². The maximum absolute atomic E-state index is 12.0. The van der Waals surface area contributed by atoms with Crippen LogP contribution in [0.25, 0.3) is 10.2 Å². The molecule has 0 fully saturated rings. The van der Waals surface area contributed by atoms with E-state index in [1.54, 1.807) is 6.07 Å². The molecule has 1 atom stereocenters. The Hall–Kier alpha value is -1.95. The van der Waals surface area contributed by atoms with Crippen molar-refractivity contribution >= 4 is 44.2 Å². The number of rotatable bonds is 5. The van der Waals surface area contributed by atoms with Crippen LogP contribution in [0, 0.1) is 5.92 Å². The molecule has 1 aromatic carbocycles. The summed E-state index contributed by atoms with van der Waals surface area (Å²) in [5.41, 5.74) is 1.54. The van der Waals surface area contributed by atoms with Crippen LogP contribution in [0.1, 0.15) is 33.6 Å². The van der Waals surface area contributed by atoms with Crippen molar-refractivity contribution in [1.82, 2.24) is 4.98 Å². The van der Waals surface area contributed by atoms with Crippen molar-refractivity contribution in [2.75, 3.05) is 10.6 Å². The van der Waals surface area contributed by atoms with E-state index in [9.17, 15) is 9.59 Å². The second-order valence-electron chi connectivity index (χ2n) is 5.06. The second-order valence-corrected chi connectivity index (χ2v) is 6.09. The van der Waals surface area contributed by atoms with Gasteiger partial charge in [-0.1, -0.05) is 31.6 Å². The Morgan fingerprint density at radius 2 is 2.10 bits per heavy atom. The lowest BCUT2D eigenvalue weighted by atomic mass is 10.1. The number of nitrogens with zero attached hydrogens (tertiary/aromatic N) is 1. The quantitative estimate of drug-likeness (QED) is 0.886. The molecule has 0 bridgehead atoms. The zero-order chi connectivity index (χ0) is 15.4. The van der Waals surface area contributed by atoms with E-state index in [2.05, 4.69) is 22.5 Å². The number of carbonyl (C=O) groups is 2. The molecule has 21 heavy (non-hydrogen) atoms. The molecule has 1 unspecified atom stereocenters. The number of nitrogens with one attached hydrogen (secondary N) is 2. The summed E-state index contributed by atoms with van der Waals surface area (Å²) in [7, 11) is 0. The van der Waals surface area contributed by atoms with Gasteiger partial charge in [0, 0.05) is 18.5 Å². The number of anilines is 2. The zero-order valence-electron chi connectivity index (χ0n) is 12.4. The number of thiazole rings is 1. The largest absolute Gasteiger partial charge is 0.326 e. The van der Waals surface area contributed by atoms with E-state index in [4.69, 9.17) is 0 Å². The van der Waals surface area contributed by atoms with Crippen molar-refractivity contribution in [2.24, 2.45) is 5.92 Å². The molecule has 0 radical (unpaired) electrons. The van der Waals surface area contributed by atoms with E-state index in [1.165, 1.54) is 18.3 Å². The molecule has 0 aliphatic rings. The van der Waals surface area contributed by atoms with Crippen LogP contribution in [-0.2, 0) is 9.59 Å². The first-order valence-corrected chi connectivity index (χ1v) is 7.80. The number of fused-ring (bicyclic) bond motifs is 1. The van der Waals surface area contributed by atoms with E-state index < -0.39 is 0 Å². The highest BCUT2D eigenvalue weighted by Crippen LogP contribution is 2.28. The first-order chi connectivity index (χ1) is 9.99. The van der Waals surface area contributed by atoms with Crippen LogP contribution in [0.5, 0.6) is 0 Å². The van der Waals surface area contributed by atoms with E-state index >= 15 is 0 Å². The molecule has 0 aliphatic heterocycles. The number of hydrogen-bond donors (Lipinski definition) is 2. The third-order valence-electron chi connectivity index (χ3n) is 3.11. The van der Waals surface area contributed by atoms with Crippen LogP contribution in [0.2, 0.25) is 0 Å². The van der Waals surface area contributed by atoms with Gasteiger partial charge in [0.2, 0.25) is 11.8 Å². The number of benzene rings is 1. The molecule has 5 nitrogen and oxygen atoms in total. The van der Waals surface area contributed by atoms with Crippen molar-refractivity contribution in [3.05, 3.63) is 18.2 Å². The van der Waals surface area contributed by atoms with Gasteiger partial charge in [0.15, 0.2) is 5.13 Å². The van der Waals surface area contributed by atoms with Crippen LogP contribution in [0.4, 0.5) is 10.8 Å². The predicted molar refractivity (Wildman–Crippen MR) is 86.6 cm³/mol. The van der Waals surface area contributed by atoms with Crippen molar-refractivity contribution < 1.29 is 9.59 Å². The molecule has 1 aromatic heterocycles. The Morgan fingerprint density at radius 3 is 2.76 bits per heavy atom. The third kappa shape index (κ3) is 4.01. The fraction of sp³-hybridized carbons (Fsp3) is 0.400. The molecular weight excluding hydrogens is 286 g/mol. The molecule has 0 spiro atoms. The maximum Gasteiger partial charge on any atom is 0.228 e. The van der Waals surface area contributed by atoms with Gasteiger partial charge in [0.25, 0.3) is 0 Å². The summed E-state index contributed by atoms with van der Waals surface area (Å²) in [4.78, 5) is 27.4. The first kappa shape index (κ1) is 15.4. The minimum Gasteiger partial charge on any atom is -0.326 e. The van der Waals surface area contributed by atoms with Crippen LogP contribution in [0.3, 0.4) is 0 Å². The highest BCUT2D eigenvalue weighted by atomic mass is 32.1. The molecule has 2 amide bonds. The maximum atomic E-state index is 12.0. The van der Waals surface area contributed by atoms with Crippen LogP contribution < -0.4 is 10.6 Å². The SMILES string of the molecule is CCCC(C)C(=O)Nc1nc2ccc(NC(C)=O)cc2s1. The minimum absolute atomic E-state index is 0.00186. The topological polar surface area (TPSA) is 71.1 Å². The van der Waals surface area contributed by atoms with Crippen molar-refractivity contribution in [3.63, 3.8) is 0 Å². The molecule has 2 aromatic rings. The van der Waals surface area contributed by atoms with Gasteiger partial charge in [-0.3, -0.25) is 9.59 Å². The van der Waals surface area contributed by atoms with Crippen molar-refractivity contribution in [3.8, 4) is 0 Å². The number of aromatic nitrogens is 1. The monoisotopic (exact) mass is 305 g/mol. The second kappa shape index (κ2) is 6.67. The normalized spacial score (nSPS) is 12.1. The fourth-order valence-corrected chi connectivity index (χ4v) is 2.96. The Morgan fingerprint density at radius 1 is 1.33 bits per heavy atom. The fourth-order valence-electron chi connectivity index (χ4n) is 2.05. The summed E-state index contributed by atoms with van der Waals surface area (Å²) in [5.74, 6) is -0.129. The lowest BCUT2D eigenvalue weighted by molar-refractivity contribution is -0.119. The number of carbonyl (C=O) groups excluding carboxylic acids is 2. The summed E-state index contributed by atoms with van der Waals surface area (Å²) >= 11 is 1.41. The molecular formula is C15H19N3O2S. The first-order valence-electron chi connectivity index (χ1n) is 6.98. The Kier molecular flexibility index (Phi) is 4.90. The third-order valence-corrected chi connectivity index (χ3v) is 4.04. The minimum atomic E-state index is -0.110. The number of amides is 2. The van der Waals surface area contributed by atoms with Gasteiger partial charge in [0.05, 0.1) is 10.2 Å². The standard InChI is InChI=1S/C15H19N3O2S/c1-4-5-9(2)14(20)18-15-17-12-7-6-11(16-10(3)19)8-13(12)21-15/h6-9H,4-5H2,1-3H3,(H,16,19)(H,17,18,20). The Labute approximate surface area is 127 Å². The van der Waals surface area contributed by atoms with Crippen LogP contribution in [-0.4, -0.2) is 16.8 Å². The average Bonchev–Trinajstić information content (AvgIpc) is 2.79. The van der Waals surface area contributed by atoms with E-state index in [0.29, 0.717) is 5.13 Å². The molecule has 112 valence electrons. The lowest BCUT2D eigenvalue weighted by Gasteiger charge is -2.08. The number of hydrogen-bond acceptors (Lipinski definition) is 4. The molecule has 0 saturated heterocycles. The molecule has 2 rings (SSSR count). The summed E-state index contributed by atoms with van der Waals surface area (Å²) < 4.78 is 0.930. The van der Waals surface area contributed by atoms with E-state index in [0.717, 1.165) is 28.7 Å². The van der Waals surface area contributed by atoms with Gasteiger partial charge in [-0.15, -0.1) is 0 Å². The Balaban J connectivity index is 2.15. The van der Waals surface area contributed by atoms with Gasteiger partial charge < -0.3 is 10.6 Å². The predicted octanol–water partition coefficient (Wildman–Crippen LogP) is 3.63. The average molecular weight is 305 g/mol. The van der Waals surface area contributed by atoms with Gasteiger partial charge in [0.1, 0.15) is 0 Å². The van der Waals surface area contributed by atoms with E-state index in [1.807, 2.05) is 19.1 Å². The molecule has 1 heterocycles. The highest BCUT2D eigenvalue weighted by Gasteiger charge is 2.14.